The molecule has 0 radical (unpaired) electrons. The smallest absolute Gasteiger partial charge is 0.224 e. The third-order valence-corrected chi connectivity index (χ3v) is 3.20. The molecular weight excluding hydrogens is 244 g/mol. The maximum absolute atomic E-state index is 11.6. The Kier molecular flexibility index (Phi) is 4.63. The summed E-state index contributed by atoms with van der Waals surface area (Å²) in [6.45, 7) is 1.66. The molecule has 1 unspecified atom stereocenters. The van der Waals surface area contributed by atoms with Crippen molar-refractivity contribution in [2.45, 2.75) is 12.8 Å². The van der Waals surface area contributed by atoms with Crippen LogP contribution < -0.4 is 20.5 Å². The first-order valence-corrected chi connectivity index (χ1v) is 6.54. The summed E-state index contributed by atoms with van der Waals surface area (Å²) in [5.74, 6) is 1.28. The molecular formula is C14H20N2O3. The van der Waals surface area contributed by atoms with Crippen LogP contribution in [-0.4, -0.2) is 32.7 Å². The zero-order valence-corrected chi connectivity index (χ0v) is 11.1. The third-order valence-electron chi connectivity index (χ3n) is 3.20. The van der Waals surface area contributed by atoms with E-state index in [4.69, 9.17) is 15.2 Å². The second-order valence-corrected chi connectivity index (χ2v) is 4.58. The molecule has 104 valence electrons. The number of rotatable bonds is 4. The summed E-state index contributed by atoms with van der Waals surface area (Å²) in [6, 6.07) is 5.79. The fourth-order valence-corrected chi connectivity index (χ4v) is 2.11. The van der Waals surface area contributed by atoms with Crippen LogP contribution in [0.1, 0.15) is 12.0 Å². The van der Waals surface area contributed by atoms with E-state index in [9.17, 15) is 4.79 Å². The highest BCUT2D eigenvalue weighted by atomic mass is 16.5. The van der Waals surface area contributed by atoms with Crippen molar-refractivity contribution in [3.8, 4) is 11.5 Å². The molecule has 1 amide bonds. The van der Waals surface area contributed by atoms with Gasteiger partial charge in [-0.25, -0.2) is 0 Å². The van der Waals surface area contributed by atoms with E-state index < -0.39 is 0 Å². The van der Waals surface area contributed by atoms with E-state index in [1.54, 1.807) is 7.05 Å². The number of carbonyl (C=O) groups is 1. The van der Waals surface area contributed by atoms with Gasteiger partial charge in [0, 0.05) is 20.0 Å². The first-order valence-electron chi connectivity index (χ1n) is 6.54. The first kappa shape index (κ1) is 13.7. The molecule has 0 fully saturated rings. The molecule has 0 aromatic heterocycles. The number of fused-ring (bicyclic) bond motifs is 1. The van der Waals surface area contributed by atoms with Crippen molar-refractivity contribution in [1.82, 2.24) is 5.32 Å². The van der Waals surface area contributed by atoms with Gasteiger partial charge in [0.2, 0.25) is 5.91 Å². The maximum Gasteiger partial charge on any atom is 0.224 e. The van der Waals surface area contributed by atoms with E-state index in [1.165, 1.54) is 0 Å². The monoisotopic (exact) mass is 264 g/mol. The van der Waals surface area contributed by atoms with Crippen LogP contribution in [0.4, 0.5) is 0 Å². The van der Waals surface area contributed by atoms with Crippen molar-refractivity contribution in [3.63, 3.8) is 0 Å². The van der Waals surface area contributed by atoms with Gasteiger partial charge in [0.1, 0.15) is 0 Å². The normalized spacial score (nSPS) is 15.5. The van der Waals surface area contributed by atoms with Crippen LogP contribution in [0.15, 0.2) is 18.2 Å². The molecule has 1 aliphatic rings. The number of carbonyl (C=O) groups excluding carboxylic acids is 1. The van der Waals surface area contributed by atoms with Gasteiger partial charge in [-0.3, -0.25) is 4.79 Å². The van der Waals surface area contributed by atoms with Crippen LogP contribution in [0.5, 0.6) is 11.5 Å². The van der Waals surface area contributed by atoms with Crippen LogP contribution in [0.3, 0.4) is 0 Å². The molecule has 5 heteroatoms. The molecule has 2 rings (SSSR count). The molecule has 1 heterocycles. The van der Waals surface area contributed by atoms with Gasteiger partial charge in [0.15, 0.2) is 11.5 Å². The number of ether oxygens (including phenoxy) is 2. The maximum atomic E-state index is 11.6. The molecule has 1 aromatic rings. The van der Waals surface area contributed by atoms with Gasteiger partial charge in [-0.1, -0.05) is 6.07 Å². The SMILES string of the molecule is CNC(=O)C(CN)Cc1ccc2c(c1)OCCCO2. The van der Waals surface area contributed by atoms with Crippen molar-refractivity contribution in [1.29, 1.82) is 0 Å². The van der Waals surface area contributed by atoms with Gasteiger partial charge >= 0.3 is 0 Å². The Bertz CT molecular complexity index is 448. The van der Waals surface area contributed by atoms with Crippen LogP contribution >= 0.6 is 0 Å². The number of nitrogens with two attached hydrogens (primary N) is 1. The quantitative estimate of drug-likeness (QED) is 0.840. The summed E-state index contributed by atoms with van der Waals surface area (Å²) in [5, 5.41) is 2.63. The summed E-state index contributed by atoms with van der Waals surface area (Å²) >= 11 is 0. The lowest BCUT2D eigenvalue weighted by atomic mass is 9.98. The van der Waals surface area contributed by atoms with Gasteiger partial charge in [-0.05, 0) is 24.1 Å². The Morgan fingerprint density at radius 3 is 2.79 bits per heavy atom. The van der Waals surface area contributed by atoms with Crippen molar-refractivity contribution < 1.29 is 14.3 Å². The Labute approximate surface area is 113 Å². The van der Waals surface area contributed by atoms with Gasteiger partial charge < -0.3 is 20.5 Å². The molecule has 0 spiro atoms. The molecule has 1 aromatic carbocycles. The van der Waals surface area contributed by atoms with E-state index in [0.717, 1.165) is 23.5 Å². The van der Waals surface area contributed by atoms with Crippen molar-refractivity contribution in [3.05, 3.63) is 23.8 Å². The fraction of sp³-hybridized carbons (Fsp3) is 0.500. The second-order valence-electron chi connectivity index (χ2n) is 4.58. The second kappa shape index (κ2) is 6.43. The third kappa shape index (κ3) is 3.38. The Hall–Kier alpha value is -1.75. The number of nitrogens with one attached hydrogen (secondary N) is 1. The minimum absolute atomic E-state index is 0.0328. The molecule has 0 aliphatic carbocycles. The van der Waals surface area contributed by atoms with Gasteiger partial charge in [-0.15, -0.1) is 0 Å². The highest BCUT2D eigenvalue weighted by molar-refractivity contribution is 5.78. The molecule has 0 bridgehead atoms. The average molecular weight is 264 g/mol. The number of hydrogen-bond acceptors (Lipinski definition) is 4. The lowest BCUT2D eigenvalue weighted by Gasteiger charge is -2.14. The predicted molar refractivity (Wildman–Crippen MR) is 72.4 cm³/mol. The standard InChI is InChI=1S/C14H20N2O3/c1-16-14(17)11(9-15)7-10-3-4-12-13(8-10)19-6-2-5-18-12/h3-4,8,11H,2,5-7,9,15H2,1H3,(H,16,17). The van der Waals surface area contributed by atoms with Crippen LogP contribution in [-0.2, 0) is 11.2 Å². The van der Waals surface area contributed by atoms with Crippen molar-refractivity contribution in [2.75, 3.05) is 26.8 Å². The number of hydrogen-bond donors (Lipinski definition) is 2. The van der Waals surface area contributed by atoms with E-state index in [0.29, 0.717) is 26.2 Å². The minimum atomic E-state index is -0.213. The lowest BCUT2D eigenvalue weighted by Crippen LogP contribution is -2.34. The highest BCUT2D eigenvalue weighted by Crippen LogP contribution is 2.31. The lowest BCUT2D eigenvalue weighted by molar-refractivity contribution is -0.124. The van der Waals surface area contributed by atoms with Crippen LogP contribution in [0, 0.1) is 5.92 Å². The van der Waals surface area contributed by atoms with E-state index in [2.05, 4.69) is 5.32 Å². The molecule has 3 N–H and O–H groups in total. The minimum Gasteiger partial charge on any atom is -0.490 e. The molecule has 5 nitrogen and oxygen atoms in total. The Morgan fingerprint density at radius 2 is 2.11 bits per heavy atom. The zero-order valence-electron chi connectivity index (χ0n) is 11.1. The highest BCUT2D eigenvalue weighted by Gasteiger charge is 2.17. The molecule has 1 atom stereocenters. The Morgan fingerprint density at radius 1 is 1.37 bits per heavy atom. The van der Waals surface area contributed by atoms with Gasteiger partial charge in [-0.2, -0.15) is 0 Å². The van der Waals surface area contributed by atoms with Crippen molar-refractivity contribution in [2.24, 2.45) is 11.7 Å². The summed E-state index contributed by atoms with van der Waals surface area (Å²) in [6.07, 6.45) is 1.49. The summed E-state index contributed by atoms with van der Waals surface area (Å²) in [7, 11) is 1.62. The molecule has 1 aliphatic heterocycles. The molecule has 0 saturated heterocycles. The zero-order chi connectivity index (χ0) is 13.7. The van der Waals surface area contributed by atoms with Gasteiger partial charge in [0.25, 0.3) is 0 Å². The Balaban J connectivity index is 2.12. The topological polar surface area (TPSA) is 73.6 Å². The van der Waals surface area contributed by atoms with E-state index >= 15 is 0 Å². The van der Waals surface area contributed by atoms with Crippen LogP contribution in [0.25, 0.3) is 0 Å². The van der Waals surface area contributed by atoms with Crippen LogP contribution in [0.2, 0.25) is 0 Å². The van der Waals surface area contributed by atoms with E-state index in [1.807, 2.05) is 18.2 Å². The molecule has 0 saturated carbocycles. The fourth-order valence-electron chi connectivity index (χ4n) is 2.11. The molecule has 19 heavy (non-hydrogen) atoms. The summed E-state index contributed by atoms with van der Waals surface area (Å²) in [5.41, 5.74) is 6.67. The number of benzene rings is 1. The largest absolute Gasteiger partial charge is 0.490 e. The average Bonchev–Trinajstić information content (AvgIpc) is 2.68. The van der Waals surface area contributed by atoms with Crippen molar-refractivity contribution >= 4 is 5.91 Å². The summed E-state index contributed by atoms with van der Waals surface area (Å²) in [4.78, 5) is 11.6. The van der Waals surface area contributed by atoms with Gasteiger partial charge in [0.05, 0.1) is 19.1 Å². The van der Waals surface area contributed by atoms with E-state index in [-0.39, 0.29) is 11.8 Å². The predicted octanol–water partition coefficient (Wildman–Crippen LogP) is 0.711. The first-order chi connectivity index (χ1) is 9.24. The number of amides is 1. The summed E-state index contributed by atoms with van der Waals surface area (Å²) < 4.78 is 11.2.